The van der Waals surface area contributed by atoms with Crippen molar-refractivity contribution in [1.29, 1.82) is 0 Å². The first-order chi connectivity index (χ1) is 11.5. The normalized spacial score (nSPS) is 26.2. The number of hydrogen-bond donors (Lipinski definition) is 4. The first-order valence-corrected chi connectivity index (χ1v) is 7.87. The van der Waals surface area contributed by atoms with Crippen molar-refractivity contribution in [1.82, 2.24) is 14.8 Å². The number of hydrogen-bond acceptors (Lipinski definition) is 7. The third kappa shape index (κ3) is 3.91. The van der Waals surface area contributed by atoms with Gasteiger partial charge in [-0.2, -0.15) is 4.98 Å². The molecule has 1 saturated heterocycles. The summed E-state index contributed by atoms with van der Waals surface area (Å²) in [5.74, 6) is 4.64. The first kappa shape index (κ1) is 18.4. The van der Waals surface area contributed by atoms with Gasteiger partial charge < -0.3 is 25.8 Å². The van der Waals surface area contributed by atoms with Crippen LogP contribution in [0.1, 0.15) is 55.3 Å². The SMILES string of the molecule is CCCCCC#Cc1nc(C(N)=O)n([C@@H]2O[C@H](CO)[C@@H](O)[C@H]2O)n1. The molecule has 2 heterocycles. The maximum atomic E-state index is 11.5. The van der Waals surface area contributed by atoms with Crippen LogP contribution in [0.15, 0.2) is 0 Å². The Labute approximate surface area is 139 Å². The molecule has 0 unspecified atom stereocenters. The van der Waals surface area contributed by atoms with E-state index in [4.69, 9.17) is 15.6 Å². The molecule has 9 heteroatoms. The number of nitrogens with zero attached hydrogens (tertiary/aromatic N) is 3. The highest BCUT2D eigenvalue weighted by Crippen LogP contribution is 2.29. The smallest absolute Gasteiger partial charge is 0.286 e. The number of rotatable bonds is 6. The number of carbonyl (C=O) groups is 1. The molecule has 5 N–H and O–H groups in total. The van der Waals surface area contributed by atoms with E-state index in [2.05, 4.69) is 28.8 Å². The molecule has 1 aliphatic heterocycles. The van der Waals surface area contributed by atoms with Gasteiger partial charge in [0.1, 0.15) is 18.3 Å². The fraction of sp³-hybridized carbons (Fsp3) is 0.667. The Morgan fingerprint density at radius 2 is 2.12 bits per heavy atom. The summed E-state index contributed by atoms with van der Waals surface area (Å²) in [6.07, 6.45) is -1.05. The van der Waals surface area contributed by atoms with E-state index in [1.54, 1.807) is 0 Å². The second-order valence-electron chi connectivity index (χ2n) is 5.56. The van der Waals surface area contributed by atoms with E-state index in [1.807, 2.05) is 0 Å². The molecule has 24 heavy (non-hydrogen) atoms. The van der Waals surface area contributed by atoms with Gasteiger partial charge in [0.2, 0.25) is 11.6 Å². The highest BCUT2D eigenvalue weighted by molar-refractivity contribution is 5.89. The minimum Gasteiger partial charge on any atom is -0.394 e. The molecule has 1 aromatic rings. The summed E-state index contributed by atoms with van der Waals surface area (Å²) in [5.41, 5.74) is 5.28. The molecule has 1 fully saturated rings. The molecule has 1 aromatic heterocycles. The topological polar surface area (TPSA) is 144 Å². The van der Waals surface area contributed by atoms with Crippen LogP contribution in [0.2, 0.25) is 0 Å². The number of primary amides is 1. The van der Waals surface area contributed by atoms with Gasteiger partial charge in [-0.3, -0.25) is 4.79 Å². The predicted octanol–water partition coefficient (Wildman–Crippen LogP) is -1.08. The Bertz CT molecular complexity index is 636. The van der Waals surface area contributed by atoms with Gasteiger partial charge in [0.15, 0.2) is 6.23 Å². The molecule has 1 aliphatic rings. The average Bonchev–Trinajstić information content (AvgIpc) is 3.10. The lowest BCUT2D eigenvalue weighted by molar-refractivity contribution is -0.0595. The minimum atomic E-state index is -1.38. The largest absolute Gasteiger partial charge is 0.394 e. The van der Waals surface area contributed by atoms with Gasteiger partial charge in [-0.15, -0.1) is 5.10 Å². The zero-order chi connectivity index (χ0) is 17.7. The number of aliphatic hydroxyl groups excluding tert-OH is 3. The molecule has 0 aliphatic carbocycles. The summed E-state index contributed by atoms with van der Waals surface area (Å²) in [6, 6.07) is 0. The Hall–Kier alpha value is -1.99. The van der Waals surface area contributed by atoms with E-state index in [0.717, 1.165) is 23.9 Å². The highest BCUT2D eigenvalue weighted by atomic mass is 16.6. The monoisotopic (exact) mass is 338 g/mol. The molecule has 0 radical (unpaired) electrons. The molecule has 0 spiro atoms. The van der Waals surface area contributed by atoms with Crippen LogP contribution in [0.3, 0.4) is 0 Å². The van der Waals surface area contributed by atoms with Crippen LogP contribution in [-0.2, 0) is 4.74 Å². The molecule has 4 atom stereocenters. The van der Waals surface area contributed by atoms with Gasteiger partial charge in [0.25, 0.3) is 5.91 Å². The van der Waals surface area contributed by atoms with Gasteiger partial charge in [0.05, 0.1) is 6.61 Å². The molecule has 9 nitrogen and oxygen atoms in total. The Kier molecular flexibility index (Phi) is 6.28. The van der Waals surface area contributed by atoms with Crippen molar-refractivity contribution in [2.75, 3.05) is 6.61 Å². The van der Waals surface area contributed by atoms with Gasteiger partial charge in [-0.05, 0) is 12.3 Å². The van der Waals surface area contributed by atoms with Crippen LogP contribution in [0.4, 0.5) is 0 Å². The second-order valence-corrected chi connectivity index (χ2v) is 5.56. The van der Waals surface area contributed by atoms with Crippen LogP contribution in [0.5, 0.6) is 0 Å². The van der Waals surface area contributed by atoms with Crippen LogP contribution >= 0.6 is 0 Å². The van der Waals surface area contributed by atoms with Crippen molar-refractivity contribution in [3.8, 4) is 11.8 Å². The van der Waals surface area contributed by atoms with Gasteiger partial charge in [-0.1, -0.05) is 25.7 Å². The third-order valence-electron chi connectivity index (χ3n) is 3.72. The fourth-order valence-corrected chi connectivity index (χ4v) is 2.41. The molecule has 0 saturated carbocycles. The van der Waals surface area contributed by atoms with E-state index in [0.29, 0.717) is 6.42 Å². The van der Waals surface area contributed by atoms with Crippen LogP contribution in [0.25, 0.3) is 0 Å². The van der Waals surface area contributed by atoms with E-state index in [1.165, 1.54) is 0 Å². The van der Waals surface area contributed by atoms with Crippen LogP contribution in [0, 0.1) is 11.8 Å². The summed E-state index contributed by atoms with van der Waals surface area (Å²) in [4.78, 5) is 15.5. The molecule has 0 bridgehead atoms. The lowest BCUT2D eigenvalue weighted by atomic mass is 10.1. The summed E-state index contributed by atoms with van der Waals surface area (Å²) in [6.45, 7) is 1.61. The van der Waals surface area contributed by atoms with Gasteiger partial charge in [-0.25, -0.2) is 4.68 Å². The van der Waals surface area contributed by atoms with Crippen molar-refractivity contribution in [3.63, 3.8) is 0 Å². The number of aromatic nitrogens is 3. The number of unbranched alkanes of at least 4 members (excludes halogenated alkanes) is 3. The minimum absolute atomic E-state index is 0.0815. The summed E-state index contributed by atoms with van der Waals surface area (Å²) in [7, 11) is 0. The standard InChI is InChI=1S/C15H22N4O5/c1-2-3-4-5-6-7-10-17-14(13(16)23)19(18-10)15-12(22)11(21)9(8-20)24-15/h9,11-12,15,20-22H,2-5,8H2,1H3,(H2,16,23)/t9-,11-,12-,15-/m1/s1. The first-order valence-electron chi connectivity index (χ1n) is 7.87. The van der Waals surface area contributed by atoms with Crippen molar-refractivity contribution in [3.05, 3.63) is 11.6 Å². The Morgan fingerprint density at radius 1 is 1.38 bits per heavy atom. The maximum absolute atomic E-state index is 11.5. The van der Waals surface area contributed by atoms with Crippen molar-refractivity contribution in [2.24, 2.45) is 5.73 Å². The number of aliphatic hydroxyl groups is 3. The summed E-state index contributed by atoms with van der Waals surface area (Å²) < 4.78 is 6.34. The average molecular weight is 338 g/mol. The Balaban J connectivity index is 2.22. The number of ether oxygens (including phenoxy) is 1. The zero-order valence-electron chi connectivity index (χ0n) is 13.4. The van der Waals surface area contributed by atoms with Crippen molar-refractivity contribution >= 4 is 5.91 Å². The predicted molar refractivity (Wildman–Crippen MR) is 82.6 cm³/mol. The molecule has 132 valence electrons. The summed E-state index contributed by atoms with van der Waals surface area (Å²) in [5, 5.41) is 33.0. The van der Waals surface area contributed by atoms with Crippen molar-refractivity contribution in [2.45, 2.75) is 57.1 Å². The molecule has 0 aromatic carbocycles. The van der Waals surface area contributed by atoms with Gasteiger partial charge >= 0.3 is 0 Å². The quantitative estimate of drug-likeness (QED) is 0.381. The van der Waals surface area contributed by atoms with E-state index in [-0.39, 0.29) is 11.6 Å². The number of carbonyl (C=O) groups excluding carboxylic acids is 1. The van der Waals surface area contributed by atoms with Gasteiger partial charge in [0, 0.05) is 6.42 Å². The number of amides is 1. The molecular weight excluding hydrogens is 316 g/mol. The second kappa shape index (κ2) is 8.21. The van der Waals surface area contributed by atoms with E-state index < -0.39 is 37.1 Å². The molecule has 2 rings (SSSR count). The highest BCUT2D eigenvalue weighted by Gasteiger charge is 2.45. The zero-order valence-corrected chi connectivity index (χ0v) is 13.4. The van der Waals surface area contributed by atoms with E-state index in [9.17, 15) is 15.0 Å². The molecule has 1 amide bonds. The third-order valence-corrected chi connectivity index (χ3v) is 3.72. The maximum Gasteiger partial charge on any atom is 0.286 e. The lowest BCUT2D eigenvalue weighted by Crippen LogP contribution is -2.34. The van der Waals surface area contributed by atoms with Crippen molar-refractivity contribution < 1.29 is 24.9 Å². The number of nitrogens with two attached hydrogens (primary N) is 1. The fourth-order valence-electron chi connectivity index (χ4n) is 2.41. The van der Waals surface area contributed by atoms with Crippen LogP contribution < -0.4 is 5.73 Å². The Morgan fingerprint density at radius 3 is 2.71 bits per heavy atom. The van der Waals surface area contributed by atoms with E-state index >= 15 is 0 Å². The summed E-state index contributed by atoms with van der Waals surface area (Å²) >= 11 is 0. The molecular formula is C15H22N4O5. The lowest BCUT2D eigenvalue weighted by Gasteiger charge is -2.15. The van der Waals surface area contributed by atoms with Crippen LogP contribution in [-0.4, -0.2) is 60.9 Å².